The van der Waals surface area contributed by atoms with Gasteiger partial charge in [-0.1, -0.05) is 176 Å². The molecule has 0 radical (unpaired) electrons. The lowest BCUT2D eigenvalue weighted by Crippen LogP contribution is -2.28. The summed E-state index contributed by atoms with van der Waals surface area (Å²) >= 11 is 0. The number of hydrogen-bond donors (Lipinski definition) is 0. The molecule has 0 amide bonds. The van der Waals surface area contributed by atoms with E-state index in [-0.39, 0.29) is 0 Å². The van der Waals surface area contributed by atoms with Crippen molar-refractivity contribution in [2.24, 2.45) is 0 Å². The summed E-state index contributed by atoms with van der Waals surface area (Å²) in [7, 11) is 0. The van der Waals surface area contributed by atoms with Crippen LogP contribution in [0.25, 0.3) is 70.9 Å². The molecule has 0 saturated carbocycles. The first-order valence-electron chi connectivity index (χ1n) is 21.8. The first-order chi connectivity index (χ1) is 31.3. The van der Waals surface area contributed by atoms with Crippen LogP contribution in [0.3, 0.4) is 0 Å². The Morgan fingerprint density at radius 2 is 0.730 bits per heavy atom. The second-order valence-electron chi connectivity index (χ2n) is 16.8. The van der Waals surface area contributed by atoms with Gasteiger partial charge in [0.15, 0.2) is 0 Å². The van der Waals surface area contributed by atoms with Gasteiger partial charge in [0.05, 0.1) is 16.4 Å². The van der Waals surface area contributed by atoms with E-state index in [0.717, 1.165) is 22.7 Å². The van der Waals surface area contributed by atoms with Crippen molar-refractivity contribution < 1.29 is 0 Å². The maximum atomic E-state index is 2.49. The number of hydrogen-bond acceptors (Lipinski definition) is 1. The van der Waals surface area contributed by atoms with Gasteiger partial charge >= 0.3 is 0 Å². The van der Waals surface area contributed by atoms with E-state index < -0.39 is 5.41 Å². The number of anilines is 3. The standard InChI is InChI=1S/C61H40N2/c1-4-18-41(19-5-1)61(57-30-16-14-28-52(57)53-29-15-17-31-58(53)61)42-32-36-59-55(38-42)56-40-46(34-37-60(56)63(59)44-22-8-3-9-23-44)62(43-20-6-2-7-21-43)45-33-35-51-49-26-11-10-24-47(49)48-25-12-13-27-50(48)54(51)39-45/h1-40H. The lowest BCUT2D eigenvalue weighted by Gasteiger charge is -2.34. The van der Waals surface area contributed by atoms with Gasteiger partial charge < -0.3 is 9.47 Å². The molecule has 0 aliphatic heterocycles. The molecule has 294 valence electrons. The molecule has 0 fully saturated rings. The molecule has 0 atom stereocenters. The molecule has 12 aromatic rings. The van der Waals surface area contributed by atoms with Gasteiger partial charge in [-0.3, -0.25) is 0 Å². The van der Waals surface area contributed by atoms with Crippen molar-refractivity contribution in [2.45, 2.75) is 5.41 Å². The Hall–Kier alpha value is -8.20. The van der Waals surface area contributed by atoms with Crippen LogP contribution in [0, 0.1) is 0 Å². The number of fused-ring (bicyclic) bond motifs is 12. The van der Waals surface area contributed by atoms with Crippen LogP contribution in [-0.4, -0.2) is 4.57 Å². The van der Waals surface area contributed by atoms with Crippen LogP contribution >= 0.6 is 0 Å². The summed E-state index contributed by atoms with van der Waals surface area (Å²) in [6, 6.07) is 89.7. The lowest BCUT2D eigenvalue weighted by atomic mass is 9.67. The van der Waals surface area contributed by atoms with Crippen LogP contribution in [-0.2, 0) is 5.41 Å². The second kappa shape index (κ2) is 13.9. The Morgan fingerprint density at radius 3 is 1.35 bits per heavy atom. The molecule has 1 aliphatic carbocycles. The summed E-state index contributed by atoms with van der Waals surface area (Å²) in [5.41, 5.74) is 14.0. The smallest absolute Gasteiger partial charge is 0.0713 e. The van der Waals surface area contributed by atoms with Gasteiger partial charge in [-0.2, -0.15) is 0 Å². The minimum atomic E-state index is -0.504. The normalized spacial score (nSPS) is 12.9. The van der Waals surface area contributed by atoms with E-state index in [1.807, 2.05) is 0 Å². The highest BCUT2D eigenvalue weighted by Crippen LogP contribution is 2.56. The molecule has 0 unspecified atom stereocenters. The topological polar surface area (TPSA) is 8.17 Å². The summed E-state index contributed by atoms with van der Waals surface area (Å²) in [5, 5.41) is 10.0. The summed E-state index contributed by atoms with van der Waals surface area (Å²) in [6.07, 6.45) is 0. The average molecular weight is 801 g/mol. The van der Waals surface area contributed by atoms with Gasteiger partial charge in [0, 0.05) is 33.5 Å². The Bertz CT molecular complexity index is 3650. The van der Waals surface area contributed by atoms with Crippen LogP contribution in [0.15, 0.2) is 243 Å². The minimum absolute atomic E-state index is 0.504. The van der Waals surface area contributed by atoms with Crippen LogP contribution in [0.4, 0.5) is 17.1 Å². The maximum absolute atomic E-state index is 2.49. The van der Waals surface area contributed by atoms with Gasteiger partial charge in [-0.15, -0.1) is 0 Å². The van der Waals surface area contributed by atoms with Crippen molar-refractivity contribution in [3.63, 3.8) is 0 Å². The molecule has 1 aliphatic rings. The van der Waals surface area contributed by atoms with Crippen LogP contribution in [0.5, 0.6) is 0 Å². The third-order valence-corrected chi connectivity index (χ3v) is 13.6. The molecule has 0 spiro atoms. The highest BCUT2D eigenvalue weighted by molar-refractivity contribution is 6.26. The summed E-state index contributed by atoms with van der Waals surface area (Å²) in [6.45, 7) is 0. The van der Waals surface area contributed by atoms with E-state index in [1.165, 1.54) is 87.5 Å². The number of rotatable bonds is 6. The number of aromatic nitrogens is 1. The molecule has 0 saturated heterocycles. The monoisotopic (exact) mass is 800 g/mol. The number of benzene rings is 11. The van der Waals surface area contributed by atoms with Crippen LogP contribution in [0.2, 0.25) is 0 Å². The van der Waals surface area contributed by atoms with Gasteiger partial charge in [0.25, 0.3) is 0 Å². The third-order valence-electron chi connectivity index (χ3n) is 13.6. The lowest BCUT2D eigenvalue weighted by molar-refractivity contribution is 0.770. The van der Waals surface area contributed by atoms with Crippen molar-refractivity contribution in [1.82, 2.24) is 4.57 Å². The Kier molecular flexibility index (Phi) is 7.85. The van der Waals surface area contributed by atoms with Gasteiger partial charge in [0.2, 0.25) is 0 Å². The van der Waals surface area contributed by atoms with Crippen LogP contribution < -0.4 is 4.90 Å². The maximum Gasteiger partial charge on any atom is 0.0713 e. The van der Waals surface area contributed by atoms with Gasteiger partial charge in [-0.25, -0.2) is 0 Å². The molecular formula is C61H40N2. The zero-order valence-electron chi connectivity index (χ0n) is 34.5. The fraction of sp³-hybridized carbons (Fsp3) is 0.0164. The summed E-state index contributed by atoms with van der Waals surface area (Å²) < 4.78 is 2.43. The molecule has 13 rings (SSSR count). The van der Waals surface area contributed by atoms with E-state index in [1.54, 1.807) is 0 Å². The Balaban J connectivity index is 1.09. The molecule has 1 heterocycles. The first-order valence-corrected chi connectivity index (χ1v) is 21.8. The van der Waals surface area contributed by atoms with Crippen molar-refractivity contribution in [1.29, 1.82) is 0 Å². The van der Waals surface area contributed by atoms with Crippen molar-refractivity contribution >= 4 is 71.2 Å². The third kappa shape index (κ3) is 5.19. The van der Waals surface area contributed by atoms with Crippen molar-refractivity contribution in [3.05, 3.63) is 265 Å². The number of para-hydroxylation sites is 2. The minimum Gasteiger partial charge on any atom is -0.310 e. The fourth-order valence-corrected chi connectivity index (χ4v) is 11.0. The first kappa shape index (κ1) is 35.5. The molecular weight excluding hydrogens is 761 g/mol. The molecule has 0 N–H and O–H groups in total. The second-order valence-corrected chi connectivity index (χ2v) is 16.8. The highest BCUT2D eigenvalue weighted by atomic mass is 15.1. The van der Waals surface area contributed by atoms with E-state index in [4.69, 9.17) is 0 Å². The molecule has 2 heteroatoms. The largest absolute Gasteiger partial charge is 0.310 e. The predicted molar refractivity (Wildman–Crippen MR) is 265 cm³/mol. The van der Waals surface area contributed by atoms with E-state index in [0.29, 0.717) is 0 Å². The van der Waals surface area contributed by atoms with E-state index in [2.05, 4.69) is 252 Å². The summed E-state index contributed by atoms with van der Waals surface area (Å²) in [5.74, 6) is 0. The van der Waals surface area contributed by atoms with Crippen molar-refractivity contribution in [3.8, 4) is 16.8 Å². The molecule has 11 aromatic carbocycles. The molecule has 0 bridgehead atoms. The zero-order valence-corrected chi connectivity index (χ0v) is 34.5. The van der Waals surface area contributed by atoms with Gasteiger partial charge in [-0.05, 0) is 132 Å². The molecule has 1 aromatic heterocycles. The average Bonchev–Trinajstić information content (AvgIpc) is 3.85. The quantitative estimate of drug-likeness (QED) is 0.152. The SMILES string of the molecule is c1ccc(N(c2ccc3c4ccccc4c4ccccc4c3c2)c2ccc3c(c2)c2cc(C4(c5ccccc5)c5ccccc5-c5ccccc54)ccc2n3-c2ccccc2)cc1. The molecule has 2 nitrogen and oxygen atoms in total. The Labute approximate surface area is 366 Å². The van der Waals surface area contributed by atoms with Crippen LogP contribution in [0.1, 0.15) is 22.3 Å². The van der Waals surface area contributed by atoms with Gasteiger partial charge in [0.1, 0.15) is 0 Å². The Morgan fingerprint density at radius 1 is 0.286 bits per heavy atom. The predicted octanol–water partition coefficient (Wildman–Crippen LogP) is 16.1. The number of nitrogens with zero attached hydrogens (tertiary/aromatic N) is 2. The van der Waals surface area contributed by atoms with Crippen molar-refractivity contribution in [2.75, 3.05) is 4.90 Å². The zero-order chi connectivity index (χ0) is 41.5. The fourth-order valence-electron chi connectivity index (χ4n) is 11.0. The molecule has 63 heavy (non-hydrogen) atoms. The van der Waals surface area contributed by atoms with E-state index in [9.17, 15) is 0 Å². The van der Waals surface area contributed by atoms with E-state index >= 15 is 0 Å². The highest BCUT2D eigenvalue weighted by Gasteiger charge is 2.46. The summed E-state index contributed by atoms with van der Waals surface area (Å²) in [4.78, 5) is 2.42.